The Morgan fingerprint density at radius 1 is 1.29 bits per heavy atom. The van der Waals surface area contributed by atoms with Gasteiger partial charge >= 0.3 is 0 Å². The number of pyridine rings is 1. The van der Waals surface area contributed by atoms with E-state index in [0.29, 0.717) is 11.3 Å². The van der Waals surface area contributed by atoms with Crippen LogP contribution >= 0.6 is 11.8 Å². The lowest BCUT2D eigenvalue weighted by Gasteiger charge is -2.24. The van der Waals surface area contributed by atoms with E-state index in [-0.39, 0.29) is 17.2 Å². The summed E-state index contributed by atoms with van der Waals surface area (Å²) in [6, 6.07) is 10.9. The molecule has 6 nitrogen and oxygen atoms in total. The summed E-state index contributed by atoms with van der Waals surface area (Å²) in [5, 5.41) is 1.13. The summed E-state index contributed by atoms with van der Waals surface area (Å²) in [5.41, 5.74) is 4.86. The molecule has 2 aromatic rings. The van der Waals surface area contributed by atoms with E-state index in [1.807, 2.05) is 31.2 Å². The maximum atomic E-state index is 12.4. The number of aromatic nitrogens is 1. The van der Waals surface area contributed by atoms with Gasteiger partial charge in [-0.3, -0.25) is 20.0 Å². The Kier molecular flexibility index (Phi) is 4.71. The zero-order valence-electron chi connectivity index (χ0n) is 13.4. The molecule has 1 unspecified atom stereocenters. The molecule has 1 atom stereocenters. The molecule has 7 heteroatoms. The number of hydrogen-bond acceptors (Lipinski definition) is 5. The van der Waals surface area contributed by atoms with Crippen LogP contribution in [0.2, 0.25) is 0 Å². The number of methoxy groups -OCH3 is 1. The highest BCUT2D eigenvalue weighted by Gasteiger charge is 2.34. The Labute approximate surface area is 144 Å². The highest BCUT2D eigenvalue weighted by atomic mass is 32.2. The maximum absolute atomic E-state index is 12.4. The third-order valence-electron chi connectivity index (χ3n) is 3.66. The van der Waals surface area contributed by atoms with Gasteiger partial charge in [-0.1, -0.05) is 12.1 Å². The van der Waals surface area contributed by atoms with Gasteiger partial charge < -0.3 is 4.74 Å². The van der Waals surface area contributed by atoms with Crippen molar-refractivity contribution in [3.05, 3.63) is 59.4 Å². The van der Waals surface area contributed by atoms with Crippen LogP contribution in [0.5, 0.6) is 5.75 Å². The topological polar surface area (TPSA) is 71.5 Å². The summed E-state index contributed by atoms with van der Waals surface area (Å²) >= 11 is 1.47. The smallest absolute Gasteiger partial charge is 0.271 e. The lowest BCUT2D eigenvalue weighted by molar-refractivity contribution is -0.130. The normalized spacial score (nSPS) is 17.0. The van der Waals surface area contributed by atoms with Gasteiger partial charge in [0.05, 0.1) is 18.4 Å². The zero-order valence-corrected chi connectivity index (χ0v) is 14.2. The van der Waals surface area contributed by atoms with Gasteiger partial charge in [0.25, 0.3) is 11.8 Å². The van der Waals surface area contributed by atoms with Crippen molar-refractivity contribution >= 4 is 23.6 Å². The molecule has 0 aliphatic carbocycles. The number of nitrogens with zero attached hydrogens (tertiary/aromatic N) is 2. The standard InChI is InChI=1S/C17H17N3O3S/c1-11-3-4-13(9-18-11)16(22)19-20-15(21)10-24-17(20)12-5-7-14(23-2)8-6-12/h3-9,17H,10H2,1-2H3,(H,19,22). The van der Waals surface area contributed by atoms with Crippen LogP contribution in [0.15, 0.2) is 42.6 Å². The van der Waals surface area contributed by atoms with Crippen molar-refractivity contribution in [1.29, 1.82) is 0 Å². The molecule has 0 spiro atoms. The second-order valence-corrected chi connectivity index (χ2v) is 6.40. The molecule has 2 amide bonds. The van der Waals surface area contributed by atoms with Crippen LogP contribution in [-0.4, -0.2) is 34.7 Å². The highest BCUT2D eigenvalue weighted by Crippen LogP contribution is 2.37. The molecule has 1 aromatic heterocycles. The van der Waals surface area contributed by atoms with Crippen molar-refractivity contribution in [1.82, 2.24) is 15.4 Å². The fourth-order valence-electron chi connectivity index (χ4n) is 2.34. The quantitative estimate of drug-likeness (QED) is 0.922. The molecule has 1 N–H and O–H groups in total. The second-order valence-electron chi connectivity index (χ2n) is 5.33. The monoisotopic (exact) mass is 343 g/mol. The van der Waals surface area contributed by atoms with Gasteiger partial charge in [0.2, 0.25) is 0 Å². The first-order valence-electron chi connectivity index (χ1n) is 7.40. The Hall–Kier alpha value is -2.54. The van der Waals surface area contributed by atoms with Gasteiger partial charge in [-0.25, -0.2) is 5.01 Å². The first-order chi connectivity index (χ1) is 11.6. The summed E-state index contributed by atoms with van der Waals surface area (Å²) < 4.78 is 5.15. The molecule has 24 heavy (non-hydrogen) atoms. The lowest BCUT2D eigenvalue weighted by Crippen LogP contribution is -2.44. The largest absolute Gasteiger partial charge is 0.497 e. The Morgan fingerprint density at radius 2 is 2.04 bits per heavy atom. The van der Waals surface area contributed by atoms with Crippen LogP contribution in [0.1, 0.15) is 27.0 Å². The predicted molar refractivity (Wildman–Crippen MR) is 91.5 cm³/mol. The molecule has 1 aliphatic rings. The molecule has 1 saturated heterocycles. The first kappa shape index (κ1) is 16.3. The van der Waals surface area contributed by atoms with Crippen LogP contribution < -0.4 is 10.2 Å². The van der Waals surface area contributed by atoms with Gasteiger partial charge in [0.15, 0.2) is 0 Å². The summed E-state index contributed by atoms with van der Waals surface area (Å²) in [4.78, 5) is 28.6. The summed E-state index contributed by atoms with van der Waals surface area (Å²) in [7, 11) is 1.60. The molecule has 1 aliphatic heterocycles. The molecule has 1 aromatic carbocycles. The van der Waals surface area contributed by atoms with Crippen LogP contribution in [0, 0.1) is 6.92 Å². The van der Waals surface area contributed by atoms with Crippen LogP contribution in [0.4, 0.5) is 0 Å². The number of carbonyl (C=O) groups is 2. The van der Waals surface area contributed by atoms with Crippen LogP contribution in [-0.2, 0) is 4.79 Å². The van der Waals surface area contributed by atoms with E-state index in [2.05, 4.69) is 10.4 Å². The minimum atomic E-state index is -0.350. The molecule has 0 saturated carbocycles. The fraction of sp³-hybridized carbons (Fsp3) is 0.235. The molecule has 3 rings (SSSR count). The first-order valence-corrected chi connectivity index (χ1v) is 8.44. The van der Waals surface area contributed by atoms with E-state index in [9.17, 15) is 9.59 Å². The molecule has 124 valence electrons. The van der Waals surface area contributed by atoms with Crippen LogP contribution in [0.25, 0.3) is 0 Å². The number of thioether (sulfide) groups is 1. The number of hydrogen-bond donors (Lipinski definition) is 1. The van der Waals surface area contributed by atoms with Gasteiger partial charge in [-0.05, 0) is 36.8 Å². The van der Waals surface area contributed by atoms with Gasteiger partial charge in [0, 0.05) is 11.9 Å². The SMILES string of the molecule is COc1ccc(C2SCC(=O)N2NC(=O)c2ccc(C)nc2)cc1. The van der Waals surface area contributed by atoms with E-state index < -0.39 is 0 Å². The third-order valence-corrected chi connectivity index (χ3v) is 4.88. The third kappa shape index (κ3) is 3.35. The summed E-state index contributed by atoms with van der Waals surface area (Å²) in [5.74, 6) is 0.587. The average Bonchev–Trinajstić information content (AvgIpc) is 2.96. The molecule has 0 radical (unpaired) electrons. The lowest BCUT2D eigenvalue weighted by atomic mass is 10.2. The minimum Gasteiger partial charge on any atom is -0.497 e. The second kappa shape index (κ2) is 6.92. The zero-order chi connectivity index (χ0) is 17.1. The number of ether oxygens (including phenoxy) is 1. The Balaban J connectivity index is 1.77. The van der Waals surface area contributed by atoms with Crippen molar-refractivity contribution < 1.29 is 14.3 Å². The average molecular weight is 343 g/mol. The van der Waals surface area contributed by atoms with Crippen molar-refractivity contribution in [2.24, 2.45) is 0 Å². The van der Waals surface area contributed by atoms with Crippen molar-refractivity contribution in [2.75, 3.05) is 12.9 Å². The number of carbonyl (C=O) groups excluding carboxylic acids is 2. The Bertz CT molecular complexity index is 747. The molecular weight excluding hydrogens is 326 g/mol. The predicted octanol–water partition coefficient (Wildman–Crippen LogP) is 2.32. The number of nitrogens with one attached hydrogen (secondary N) is 1. The number of aryl methyl sites for hydroxylation is 1. The van der Waals surface area contributed by atoms with E-state index in [1.165, 1.54) is 23.0 Å². The molecule has 0 bridgehead atoms. The van der Waals surface area contributed by atoms with Crippen LogP contribution in [0.3, 0.4) is 0 Å². The van der Waals surface area contributed by atoms with Crippen molar-refractivity contribution in [2.45, 2.75) is 12.3 Å². The van der Waals surface area contributed by atoms with E-state index >= 15 is 0 Å². The number of amides is 2. The van der Waals surface area contributed by atoms with Gasteiger partial charge in [-0.2, -0.15) is 0 Å². The van der Waals surface area contributed by atoms with Crippen molar-refractivity contribution in [3.8, 4) is 5.75 Å². The van der Waals surface area contributed by atoms with E-state index in [1.54, 1.807) is 19.2 Å². The molecular formula is C17H17N3O3S. The number of benzene rings is 1. The van der Waals surface area contributed by atoms with E-state index in [0.717, 1.165) is 17.0 Å². The fourth-order valence-corrected chi connectivity index (χ4v) is 3.44. The Morgan fingerprint density at radius 3 is 2.67 bits per heavy atom. The molecule has 2 heterocycles. The van der Waals surface area contributed by atoms with Crippen molar-refractivity contribution in [3.63, 3.8) is 0 Å². The van der Waals surface area contributed by atoms with E-state index in [4.69, 9.17) is 4.74 Å². The number of hydrazine groups is 1. The number of rotatable bonds is 4. The summed E-state index contributed by atoms with van der Waals surface area (Å²) in [6.07, 6.45) is 1.50. The highest BCUT2D eigenvalue weighted by molar-refractivity contribution is 8.00. The maximum Gasteiger partial charge on any atom is 0.271 e. The van der Waals surface area contributed by atoms with Gasteiger partial charge in [-0.15, -0.1) is 11.8 Å². The van der Waals surface area contributed by atoms with Gasteiger partial charge in [0.1, 0.15) is 11.1 Å². The molecule has 1 fully saturated rings. The minimum absolute atomic E-state index is 0.130. The summed E-state index contributed by atoms with van der Waals surface area (Å²) in [6.45, 7) is 1.85.